The second-order valence-corrected chi connectivity index (χ2v) is 8.68. The van der Waals surface area contributed by atoms with Crippen molar-refractivity contribution in [3.8, 4) is 11.8 Å². The summed E-state index contributed by atoms with van der Waals surface area (Å²) in [4.78, 5) is 38.8. The minimum Gasteiger partial charge on any atom is -0.387 e. The lowest BCUT2D eigenvalue weighted by Crippen LogP contribution is -2.43. The van der Waals surface area contributed by atoms with Crippen molar-refractivity contribution in [3.05, 3.63) is 12.2 Å². The van der Waals surface area contributed by atoms with E-state index in [9.17, 15) is 19.8 Å². The van der Waals surface area contributed by atoms with Crippen LogP contribution in [0.1, 0.15) is 37.7 Å². The van der Waals surface area contributed by atoms with Crippen molar-refractivity contribution in [3.63, 3.8) is 0 Å². The van der Waals surface area contributed by atoms with Crippen LogP contribution in [0.15, 0.2) is 6.33 Å². The average Bonchev–Trinajstić information content (AvgIpc) is 3.74. The first-order valence-corrected chi connectivity index (χ1v) is 11.2. The first kappa shape index (κ1) is 22.3. The molecule has 180 valence electrons. The number of nitrogens with one attached hydrogen (secondary N) is 2. The fraction of sp³-hybridized carbons (Fsp3) is 0.571. The summed E-state index contributed by atoms with van der Waals surface area (Å²) in [6, 6.07) is 0.0695. The molecule has 2 aliphatic carbocycles. The van der Waals surface area contributed by atoms with Crippen LogP contribution in [0, 0.1) is 11.8 Å². The lowest BCUT2D eigenvalue weighted by Gasteiger charge is -2.18. The molecule has 6 N–H and O–H groups in total. The number of carbonyl (C=O) groups excluding carboxylic acids is 2. The van der Waals surface area contributed by atoms with Gasteiger partial charge in [0.1, 0.15) is 17.7 Å². The molecule has 1 unspecified atom stereocenters. The van der Waals surface area contributed by atoms with Gasteiger partial charge in [0.15, 0.2) is 23.8 Å². The van der Waals surface area contributed by atoms with Crippen LogP contribution in [0.5, 0.6) is 0 Å². The van der Waals surface area contributed by atoms with Crippen molar-refractivity contribution in [1.82, 2.24) is 35.1 Å². The lowest BCUT2D eigenvalue weighted by molar-refractivity contribution is -0.137. The number of carbonyl (C=O) groups is 2. The Morgan fingerprint density at radius 3 is 2.71 bits per heavy atom. The number of hydrogen-bond acceptors (Lipinski definition) is 9. The van der Waals surface area contributed by atoms with Crippen LogP contribution < -0.4 is 16.4 Å². The van der Waals surface area contributed by atoms with E-state index in [-0.39, 0.29) is 47.5 Å². The molecule has 0 aromatic carbocycles. The molecule has 3 fully saturated rings. The number of aromatic nitrogens is 4. The zero-order valence-electron chi connectivity index (χ0n) is 18.5. The van der Waals surface area contributed by atoms with Crippen molar-refractivity contribution >= 4 is 28.9 Å². The number of anilines is 1. The van der Waals surface area contributed by atoms with Crippen molar-refractivity contribution in [2.45, 2.75) is 62.3 Å². The molecule has 13 nitrogen and oxygen atoms in total. The van der Waals surface area contributed by atoms with Gasteiger partial charge in [-0.15, -0.1) is 0 Å². The van der Waals surface area contributed by atoms with Gasteiger partial charge in [0.2, 0.25) is 5.82 Å². The number of imidazole rings is 1. The van der Waals surface area contributed by atoms with E-state index < -0.39 is 30.4 Å². The SMILES string of the molecule is CNC(=O)N(CC#Cc1nc(N)c2ncn([C@@H]3O[C@H](C(=O)NC4CC4)C(O)[C@@H]3O)c2n1)C1CC1. The van der Waals surface area contributed by atoms with E-state index in [1.54, 1.807) is 11.9 Å². The molecule has 3 amide bonds. The normalized spacial score (nSPS) is 26.1. The molecule has 1 aliphatic heterocycles. The number of hydrogen-bond donors (Lipinski definition) is 5. The summed E-state index contributed by atoms with van der Waals surface area (Å²) in [7, 11) is 1.57. The largest absolute Gasteiger partial charge is 0.387 e. The molecule has 34 heavy (non-hydrogen) atoms. The predicted molar refractivity (Wildman–Crippen MR) is 118 cm³/mol. The Labute approximate surface area is 194 Å². The van der Waals surface area contributed by atoms with Gasteiger partial charge in [-0.25, -0.2) is 19.7 Å². The summed E-state index contributed by atoms with van der Waals surface area (Å²) in [5.74, 6) is 5.44. The zero-order chi connectivity index (χ0) is 24.0. The van der Waals surface area contributed by atoms with Crippen LogP contribution in [0.3, 0.4) is 0 Å². The van der Waals surface area contributed by atoms with E-state index >= 15 is 0 Å². The van der Waals surface area contributed by atoms with Gasteiger partial charge < -0.3 is 36.2 Å². The number of nitrogens with two attached hydrogens (primary N) is 1. The smallest absolute Gasteiger partial charge is 0.318 e. The third kappa shape index (κ3) is 4.23. The second kappa shape index (κ2) is 8.71. The van der Waals surface area contributed by atoms with Crippen molar-refractivity contribution in [1.29, 1.82) is 0 Å². The van der Waals surface area contributed by atoms with E-state index in [0.29, 0.717) is 0 Å². The Kier molecular flexibility index (Phi) is 5.72. The van der Waals surface area contributed by atoms with Gasteiger partial charge in [0, 0.05) is 19.1 Å². The molecular formula is C21H26N8O5. The molecule has 0 spiro atoms. The van der Waals surface area contributed by atoms with E-state index in [0.717, 1.165) is 25.7 Å². The summed E-state index contributed by atoms with van der Waals surface area (Å²) in [5, 5.41) is 26.4. The molecule has 0 bridgehead atoms. The summed E-state index contributed by atoms with van der Waals surface area (Å²) >= 11 is 0. The summed E-state index contributed by atoms with van der Waals surface area (Å²) < 4.78 is 7.12. The van der Waals surface area contributed by atoms with Crippen LogP contribution >= 0.6 is 0 Å². The maximum Gasteiger partial charge on any atom is 0.318 e. The van der Waals surface area contributed by atoms with Crippen LogP contribution in [-0.4, -0.2) is 90.6 Å². The standard InChI is InChI=1S/C21H26N8O5/c1-23-21(33)28(11-6-7-11)8-2-3-12-26-17(22)13-18(27-12)29(9-24-13)20-15(31)14(30)16(34-20)19(32)25-10-4-5-10/h9-11,14-16,20,30-31H,4-8H2,1H3,(H,23,33)(H,25,32)(H2,22,26,27)/t14?,15-,16-,20+/m0/s1. The van der Waals surface area contributed by atoms with E-state index in [4.69, 9.17) is 10.5 Å². The van der Waals surface area contributed by atoms with Crippen LogP contribution in [-0.2, 0) is 9.53 Å². The molecule has 5 rings (SSSR count). The fourth-order valence-electron chi connectivity index (χ4n) is 3.90. The number of aliphatic hydroxyl groups is 2. The van der Waals surface area contributed by atoms with E-state index in [2.05, 4.69) is 37.4 Å². The third-order valence-electron chi connectivity index (χ3n) is 6.05. The monoisotopic (exact) mass is 470 g/mol. The number of urea groups is 1. The first-order valence-electron chi connectivity index (χ1n) is 11.2. The van der Waals surface area contributed by atoms with Crippen molar-refractivity contribution in [2.75, 3.05) is 19.3 Å². The maximum atomic E-state index is 12.4. The van der Waals surface area contributed by atoms with Crippen LogP contribution in [0.25, 0.3) is 11.2 Å². The predicted octanol–water partition coefficient (Wildman–Crippen LogP) is -1.54. The Bertz CT molecular complexity index is 1180. The van der Waals surface area contributed by atoms with Crippen molar-refractivity contribution < 1.29 is 24.5 Å². The lowest BCUT2D eigenvalue weighted by atomic mass is 10.1. The molecule has 0 radical (unpaired) electrons. The Morgan fingerprint density at radius 1 is 1.26 bits per heavy atom. The summed E-state index contributed by atoms with van der Waals surface area (Å²) in [6.07, 6.45) is -0.135. The van der Waals surface area contributed by atoms with Gasteiger partial charge in [-0.05, 0) is 31.6 Å². The van der Waals surface area contributed by atoms with Gasteiger partial charge in [-0.2, -0.15) is 0 Å². The van der Waals surface area contributed by atoms with Gasteiger partial charge in [0.25, 0.3) is 5.91 Å². The maximum absolute atomic E-state index is 12.4. The van der Waals surface area contributed by atoms with Crippen LogP contribution in [0.2, 0.25) is 0 Å². The quantitative estimate of drug-likeness (QED) is 0.324. The number of ether oxygens (including phenoxy) is 1. The molecule has 3 aliphatic rings. The molecule has 3 heterocycles. The molecule has 4 atom stereocenters. The fourth-order valence-corrected chi connectivity index (χ4v) is 3.90. The van der Waals surface area contributed by atoms with Gasteiger partial charge >= 0.3 is 6.03 Å². The highest BCUT2D eigenvalue weighted by molar-refractivity contribution is 5.83. The molecule has 13 heteroatoms. The topological polar surface area (TPSA) is 181 Å². The second-order valence-electron chi connectivity index (χ2n) is 8.68. The molecule has 2 saturated carbocycles. The summed E-state index contributed by atoms with van der Waals surface area (Å²) in [5.41, 5.74) is 6.55. The zero-order valence-corrected chi connectivity index (χ0v) is 18.5. The Balaban J connectivity index is 1.38. The third-order valence-corrected chi connectivity index (χ3v) is 6.05. The average molecular weight is 470 g/mol. The molecule has 2 aromatic heterocycles. The number of nitrogens with zero attached hydrogens (tertiary/aromatic N) is 5. The molecular weight excluding hydrogens is 444 g/mol. The van der Waals surface area contributed by atoms with Gasteiger partial charge in [0.05, 0.1) is 12.9 Å². The first-order chi connectivity index (χ1) is 16.4. The molecule has 2 aromatic rings. The number of fused-ring (bicyclic) bond motifs is 1. The van der Waals surface area contributed by atoms with Crippen LogP contribution in [0.4, 0.5) is 10.6 Å². The van der Waals surface area contributed by atoms with Crippen molar-refractivity contribution in [2.24, 2.45) is 0 Å². The minimum atomic E-state index is -1.42. The highest BCUT2D eigenvalue weighted by atomic mass is 16.6. The highest BCUT2D eigenvalue weighted by Crippen LogP contribution is 2.33. The highest BCUT2D eigenvalue weighted by Gasteiger charge is 2.48. The summed E-state index contributed by atoms with van der Waals surface area (Å²) in [6.45, 7) is 0.208. The molecule has 1 saturated heterocycles. The number of amides is 3. The Morgan fingerprint density at radius 2 is 2.03 bits per heavy atom. The Hall–Kier alpha value is -3.47. The van der Waals surface area contributed by atoms with Gasteiger partial charge in [-0.3, -0.25) is 9.36 Å². The van der Waals surface area contributed by atoms with E-state index in [1.165, 1.54) is 10.9 Å². The number of aliphatic hydroxyl groups excluding tert-OH is 2. The minimum absolute atomic E-state index is 0.0782. The van der Waals surface area contributed by atoms with E-state index in [1.807, 2.05) is 0 Å². The van der Waals surface area contributed by atoms with Gasteiger partial charge in [-0.1, -0.05) is 5.92 Å². The number of rotatable bonds is 5. The number of nitrogen functional groups attached to an aromatic ring is 1.